The van der Waals surface area contributed by atoms with Crippen molar-refractivity contribution in [3.05, 3.63) is 23.2 Å². The zero-order valence-electron chi connectivity index (χ0n) is 17.7. The van der Waals surface area contributed by atoms with E-state index in [9.17, 15) is 9.59 Å². The topological polar surface area (TPSA) is 81.8 Å². The number of likely N-dealkylation sites (N-methyl/N-ethyl adjacent to an activating group) is 1. The average molecular weight is 390 g/mol. The number of aromatic nitrogens is 2. The number of piperazine rings is 1. The molecule has 0 aromatic carbocycles. The molecular formula is C20H31N5O3. The van der Waals surface area contributed by atoms with Gasteiger partial charge in [-0.3, -0.25) is 10.00 Å². The largest absolute Gasteiger partial charge is 0.459 e. The highest BCUT2D eigenvalue weighted by atomic mass is 16.5. The average Bonchev–Trinajstić information content (AvgIpc) is 2.94. The van der Waals surface area contributed by atoms with Crippen LogP contribution in [0.4, 0.5) is 4.79 Å². The highest BCUT2D eigenvalue weighted by Gasteiger charge is 2.38. The van der Waals surface area contributed by atoms with Crippen LogP contribution in [0.15, 0.2) is 6.20 Å². The number of carbonyl (C=O) groups excluding carboxylic acids is 2. The Morgan fingerprint density at radius 2 is 1.86 bits per heavy atom. The molecule has 8 nitrogen and oxygen atoms in total. The fraction of sp³-hybridized carbons (Fsp3) is 0.650. The first-order chi connectivity index (χ1) is 13.1. The first-order valence-electron chi connectivity index (χ1n) is 9.83. The standard InChI is InChI=1S/C20H31N5O3/c1-13(2)28-18(26)15-11-25(19(27)24-9-7-23(6)8-10-24)12-20(4,5)16-14(3)21-22-17(15)16/h11,13H,7-10,12H2,1-6H3,(H,21,22). The second-order valence-corrected chi connectivity index (χ2v) is 8.64. The van der Waals surface area contributed by atoms with E-state index in [1.165, 1.54) is 0 Å². The fourth-order valence-electron chi connectivity index (χ4n) is 3.96. The number of fused-ring (bicyclic) bond motifs is 1. The second kappa shape index (κ2) is 7.58. The number of H-pyrrole nitrogens is 1. The number of aromatic amines is 1. The molecule has 0 unspecified atom stereocenters. The number of amides is 2. The maximum atomic E-state index is 13.3. The summed E-state index contributed by atoms with van der Waals surface area (Å²) >= 11 is 0. The van der Waals surface area contributed by atoms with E-state index in [0.29, 0.717) is 30.9 Å². The van der Waals surface area contributed by atoms with Gasteiger partial charge in [0.25, 0.3) is 0 Å². The van der Waals surface area contributed by atoms with Gasteiger partial charge in [-0.2, -0.15) is 5.10 Å². The van der Waals surface area contributed by atoms with E-state index in [0.717, 1.165) is 24.3 Å². The molecule has 2 aliphatic rings. The van der Waals surface area contributed by atoms with Gasteiger partial charge < -0.3 is 14.5 Å². The van der Waals surface area contributed by atoms with E-state index < -0.39 is 5.97 Å². The Morgan fingerprint density at radius 1 is 1.21 bits per heavy atom. The number of nitrogens with one attached hydrogen (secondary N) is 1. The number of hydrogen-bond acceptors (Lipinski definition) is 5. The van der Waals surface area contributed by atoms with Crippen molar-refractivity contribution < 1.29 is 14.3 Å². The Kier molecular flexibility index (Phi) is 5.52. The van der Waals surface area contributed by atoms with Gasteiger partial charge in [0.05, 0.1) is 17.5 Å². The molecule has 0 saturated carbocycles. The van der Waals surface area contributed by atoms with E-state index in [1.807, 2.05) is 25.7 Å². The number of nitrogens with zero attached hydrogens (tertiary/aromatic N) is 4. The van der Waals surface area contributed by atoms with Crippen LogP contribution in [0.2, 0.25) is 0 Å². The van der Waals surface area contributed by atoms with Crippen molar-refractivity contribution in [1.29, 1.82) is 0 Å². The number of hydrogen-bond donors (Lipinski definition) is 1. The van der Waals surface area contributed by atoms with Gasteiger partial charge in [-0.25, -0.2) is 9.59 Å². The van der Waals surface area contributed by atoms with Gasteiger partial charge in [-0.05, 0) is 27.8 Å². The normalized spacial score (nSPS) is 19.9. The summed E-state index contributed by atoms with van der Waals surface area (Å²) in [6.45, 7) is 13.2. The molecule has 1 aromatic rings. The Bertz CT molecular complexity index is 788. The molecule has 28 heavy (non-hydrogen) atoms. The van der Waals surface area contributed by atoms with E-state index >= 15 is 0 Å². The minimum Gasteiger partial charge on any atom is -0.459 e. The summed E-state index contributed by atoms with van der Waals surface area (Å²) in [5, 5.41) is 7.32. The first kappa shape index (κ1) is 20.4. The van der Waals surface area contributed by atoms with Crippen LogP contribution in [0.3, 0.4) is 0 Å². The highest BCUT2D eigenvalue weighted by Crippen LogP contribution is 2.36. The molecule has 8 heteroatoms. The third kappa shape index (κ3) is 3.92. The van der Waals surface area contributed by atoms with Crippen molar-refractivity contribution in [3.63, 3.8) is 0 Å². The Hall–Kier alpha value is -2.35. The molecule has 154 valence electrons. The maximum absolute atomic E-state index is 13.3. The Labute approximate surface area is 166 Å². The molecule has 0 bridgehead atoms. The van der Waals surface area contributed by atoms with Crippen LogP contribution in [0.1, 0.15) is 44.6 Å². The van der Waals surface area contributed by atoms with Crippen LogP contribution < -0.4 is 0 Å². The van der Waals surface area contributed by atoms with Crippen molar-refractivity contribution in [3.8, 4) is 0 Å². The van der Waals surface area contributed by atoms with Gasteiger partial charge in [0, 0.05) is 49.9 Å². The van der Waals surface area contributed by atoms with Gasteiger partial charge in [-0.1, -0.05) is 13.8 Å². The van der Waals surface area contributed by atoms with Crippen molar-refractivity contribution >= 4 is 17.6 Å². The molecule has 3 rings (SSSR count). The van der Waals surface area contributed by atoms with Crippen LogP contribution in [-0.2, 0) is 14.9 Å². The quantitative estimate of drug-likeness (QED) is 0.782. The van der Waals surface area contributed by atoms with Gasteiger partial charge in [0.1, 0.15) is 5.57 Å². The van der Waals surface area contributed by atoms with Gasteiger partial charge in [0.15, 0.2) is 0 Å². The Balaban J connectivity index is 1.99. The summed E-state index contributed by atoms with van der Waals surface area (Å²) in [5.41, 5.74) is 2.40. The van der Waals surface area contributed by atoms with Crippen LogP contribution >= 0.6 is 0 Å². The number of aryl methyl sites for hydroxylation is 1. The van der Waals surface area contributed by atoms with Crippen LogP contribution in [0.25, 0.3) is 5.57 Å². The summed E-state index contributed by atoms with van der Waals surface area (Å²) < 4.78 is 5.45. The molecule has 0 atom stereocenters. The minimum absolute atomic E-state index is 0.0770. The van der Waals surface area contributed by atoms with Gasteiger partial charge in [-0.15, -0.1) is 0 Å². The monoisotopic (exact) mass is 389 g/mol. The van der Waals surface area contributed by atoms with E-state index in [2.05, 4.69) is 36.0 Å². The maximum Gasteiger partial charge on any atom is 0.342 e. The SMILES string of the molecule is Cc1n[nH]c2c1C(C)(C)CN(C(=O)N1CCN(C)CC1)C=C2C(=O)OC(C)C. The predicted molar refractivity (Wildman–Crippen MR) is 107 cm³/mol. The third-order valence-electron chi connectivity index (χ3n) is 5.33. The zero-order valence-corrected chi connectivity index (χ0v) is 17.7. The lowest BCUT2D eigenvalue weighted by molar-refractivity contribution is -0.140. The van der Waals surface area contributed by atoms with Crippen molar-refractivity contribution in [2.75, 3.05) is 39.8 Å². The molecule has 1 N–H and O–H groups in total. The molecule has 0 spiro atoms. The molecule has 1 aromatic heterocycles. The van der Waals surface area contributed by atoms with Crippen molar-refractivity contribution in [1.82, 2.24) is 24.9 Å². The summed E-state index contributed by atoms with van der Waals surface area (Å²) in [6, 6.07) is -0.0770. The summed E-state index contributed by atoms with van der Waals surface area (Å²) in [7, 11) is 2.05. The number of rotatable bonds is 2. The van der Waals surface area contributed by atoms with Crippen molar-refractivity contribution in [2.24, 2.45) is 0 Å². The van der Waals surface area contributed by atoms with Gasteiger partial charge >= 0.3 is 12.0 Å². The molecule has 0 aliphatic carbocycles. The lowest BCUT2D eigenvalue weighted by Gasteiger charge is -2.37. The molecule has 3 heterocycles. The molecule has 1 fully saturated rings. The summed E-state index contributed by atoms with van der Waals surface area (Å²) in [4.78, 5) is 31.8. The van der Waals surface area contributed by atoms with E-state index in [1.54, 1.807) is 11.1 Å². The lowest BCUT2D eigenvalue weighted by atomic mass is 9.82. The molecule has 1 saturated heterocycles. The predicted octanol–water partition coefficient (Wildman–Crippen LogP) is 1.97. The van der Waals surface area contributed by atoms with Gasteiger partial charge in [0.2, 0.25) is 0 Å². The van der Waals surface area contributed by atoms with E-state index in [-0.39, 0.29) is 17.6 Å². The molecular weight excluding hydrogens is 358 g/mol. The van der Waals surface area contributed by atoms with Crippen LogP contribution in [-0.4, -0.2) is 82.8 Å². The number of urea groups is 1. The fourth-order valence-corrected chi connectivity index (χ4v) is 3.96. The third-order valence-corrected chi connectivity index (χ3v) is 5.33. The minimum atomic E-state index is -0.450. The van der Waals surface area contributed by atoms with E-state index in [4.69, 9.17) is 4.74 Å². The summed E-state index contributed by atoms with van der Waals surface area (Å²) in [5.74, 6) is -0.450. The molecule has 2 amide bonds. The number of esters is 1. The number of ether oxygens (including phenoxy) is 1. The Morgan fingerprint density at radius 3 is 2.46 bits per heavy atom. The first-order valence-corrected chi connectivity index (χ1v) is 9.83. The molecule has 0 radical (unpaired) electrons. The second-order valence-electron chi connectivity index (χ2n) is 8.64. The number of carbonyl (C=O) groups is 2. The lowest BCUT2D eigenvalue weighted by Crippen LogP contribution is -2.52. The smallest absolute Gasteiger partial charge is 0.342 e. The summed E-state index contributed by atoms with van der Waals surface area (Å²) in [6.07, 6.45) is 1.38. The molecule has 2 aliphatic heterocycles. The van der Waals surface area contributed by atoms with Crippen LogP contribution in [0, 0.1) is 6.92 Å². The van der Waals surface area contributed by atoms with Crippen molar-refractivity contribution in [2.45, 2.75) is 46.1 Å². The zero-order chi connectivity index (χ0) is 20.6. The highest BCUT2D eigenvalue weighted by molar-refractivity contribution is 6.16. The van der Waals surface area contributed by atoms with Crippen LogP contribution in [0.5, 0.6) is 0 Å².